The van der Waals surface area contributed by atoms with E-state index >= 15 is 0 Å². The predicted octanol–water partition coefficient (Wildman–Crippen LogP) is 1.54. The topological polar surface area (TPSA) is 46.2 Å². The van der Waals surface area contributed by atoms with Crippen LogP contribution in [-0.4, -0.2) is 11.7 Å². The van der Waals surface area contributed by atoms with E-state index < -0.39 is 5.67 Å². The van der Waals surface area contributed by atoms with Crippen molar-refractivity contribution in [3.05, 3.63) is 29.8 Å². The summed E-state index contributed by atoms with van der Waals surface area (Å²) < 4.78 is 13.5. The summed E-state index contributed by atoms with van der Waals surface area (Å²) in [6, 6.07) is 6.08. The van der Waals surface area contributed by atoms with Crippen molar-refractivity contribution < 1.29 is 9.50 Å². The molecule has 1 rings (SSSR count). The van der Waals surface area contributed by atoms with Gasteiger partial charge >= 0.3 is 0 Å². The van der Waals surface area contributed by atoms with E-state index in [1.807, 2.05) is 0 Å². The normalized spacial score (nSPS) is 15.6. The number of alkyl halides is 1. The van der Waals surface area contributed by atoms with E-state index in [4.69, 9.17) is 10.8 Å². The van der Waals surface area contributed by atoms with Crippen molar-refractivity contribution >= 4 is 0 Å². The molecule has 0 amide bonds. The van der Waals surface area contributed by atoms with Gasteiger partial charge in [0.05, 0.1) is 0 Å². The monoisotopic (exact) mass is 169 g/mol. The molecule has 0 heterocycles. The molecule has 1 aromatic rings. The Kier molecular flexibility index (Phi) is 2.33. The van der Waals surface area contributed by atoms with Crippen LogP contribution in [0, 0.1) is 0 Å². The average molecular weight is 169 g/mol. The van der Waals surface area contributed by atoms with Crippen molar-refractivity contribution in [3.63, 3.8) is 0 Å². The lowest BCUT2D eigenvalue weighted by Gasteiger charge is -2.18. The Morgan fingerprint density at radius 1 is 1.58 bits per heavy atom. The maximum absolute atomic E-state index is 13.5. The van der Waals surface area contributed by atoms with E-state index in [0.717, 1.165) is 0 Å². The molecule has 0 spiro atoms. The van der Waals surface area contributed by atoms with Crippen LogP contribution in [0.3, 0.4) is 0 Å². The quantitative estimate of drug-likeness (QED) is 0.705. The average Bonchev–Trinajstić information content (AvgIpc) is 2.05. The minimum absolute atomic E-state index is 0.0600. The summed E-state index contributed by atoms with van der Waals surface area (Å²) in [6.07, 6.45) is 0. The second-order valence-corrected chi connectivity index (χ2v) is 2.95. The Labute approximate surface area is 70.8 Å². The van der Waals surface area contributed by atoms with E-state index in [1.165, 1.54) is 19.1 Å². The highest BCUT2D eigenvalue weighted by Crippen LogP contribution is 2.26. The van der Waals surface area contributed by atoms with Crippen LogP contribution in [0.4, 0.5) is 4.39 Å². The molecule has 0 aliphatic carbocycles. The lowest BCUT2D eigenvalue weighted by Crippen LogP contribution is -2.26. The second-order valence-electron chi connectivity index (χ2n) is 2.95. The molecule has 3 heteroatoms. The number of rotatable bonds is 2. The van der Waals surface area contributed by atoms with Gasteiger partial charge in [0.25, 0.3) is 0 Å². The highest BCUT2D eigenvalue weighted by molar-refractivity contribution is 5.31. The minimum atomic E-state index is -1.56. The number of hydrogen-bond acceptors (Lipinski definition) is 2. The van der Waals surface area contributed by atoms with Gasteiger partial charge in [-0.15, -0.1) is 0 Å². The van der Waals surface area contributed by atoms with Crippen LogP contribution in [-0.2, 0) is 5.67 Å². The number of nitrogens with two attached hydrogens (primary N) is 1. The number of phenolic OH excluding ortho intramolecular Hbond substituents is 1. The van der Waals surface area contributed by atoms with E-state index in [1.54, 1.807) is 12.1 Å². The number of phenols is 1. The fraction of sp³-hybridized carbons (Fsp3) is 0.333. The molecule has 0 radical (unpaired) electrons. The Balaban J connectivity index is 3.03. The molecule has 12 heavy (non-hydrogen) atoms. The molecule has 0 aliphatic heterocycles. The SMILES string of the molecule is CC(F)(CN)c1cccc(O)c1. The molecule has 3 N–H and O–H groups in total. The third-order valence-electron chi connectivity index (χ3n) is 1.83. The summed E-state index contributed by atoms with van der Waals surface area (Å²) in [7, 11) is 0. The van der Waals surface area contributed by atoms with Crippen molar-refractivity contribution in [3.8, 4) is 5.75 Å². The molecule has 0 bridgehead atoms. The van der Waals surface area contributed by atoms with Gasteiger partial charge < -0.3 is 10.8 Å². The van der Waals surface area contributed by atoms with Crippen LogP contribution in [0.2, 0.25) is 0 Å². The van der Waals surface area contributed by atoms with Crippen molar-refractivity contribution in [1.29, 1.82) is 0 Å². The molecular weight excluding hydrogens is 157 g/mol. The Morgan fingerprint density at radius 3 is 2.75 bits per heavy atom. The van der Waals surface area contributed by atoms with Crippen molar-refractivity contribution in [2.24, 2.45) is 5.73 Å². The molecule has 0 saturated heterocycles. The zero-order chi connectivity index (χ0) is 9.19. The first kappa shape index (κ1) is 9.00. The standard InChI is InChI=1S/C9H12FNO/c1-9(10,6-11)7-3-2-4-8(12)5-7/h2-5,12H,6,11H2,1H3. The summed E-state index contributed by atoms with van der Waals surface area (Å²) in [5, 5.41) is 9.06. The fourth-order valence-corrected chi connectivity index (χ4v) is 0.948. The van der Waals surface area contributed by atoms with Gasteiger partial charge in [-0.3, -0.25) is 0 Å². The molecule has 1 unspecified atom stereocenters. The molecule has 0 fully saturated rings. The molecule has 1 aromatic carbocycles. The van der Waals surface area contributed by atoms with Crippen LogP contribution in [0.1, 0.15) is 12.5 Å². The van der Waals surface area contributed by atoms with Crippen molar-refractivity contribution in [1.82, 2.24) is 0 Å². The molecule has 1 atom stereocenters. The smallest absolute Gasteiger partial charge is 0.145 e. The van der Waals surface area contributed by atoms with Gasteiger partial charge in [-0.05, 0) is 24.6 Å². The van der Waals surface area contributed by atoms with Crippen LogP contribution in [0.5, 0.6) is 5.75 Å². The summed E-state index contributed by atoms with van der Waals surface area (Å²) in [4.78, 5) is 0. The molecule has 0 aromatic heterocycles. The Morgan fingerprint density at radius 2 is 2.25 bits per heavy atom. The van der Waals surface area contributed by atoms with Gasteiger partial charge in [-0.1, -0.05) is 12.1 Å². The van der Waals surface area contributed by atoms with E-state index in [9.17, 15) is 4.39 Å². The molecule has 0 aliphatic rings. The second kappa shape index (κ2) is 3.11. The molecule has 0 saturated carbocycles. The van der Waals surface area contributed by atoms with Crippen LogP contribution >= 0.6 is 0 Å². The van der Waals surface area contributed by atoms with Gasteiger partial charge in [0.2, 0.25) is 0 Å². The number of halogens is 1. The zero-order valence-corrected chi connectivity index (χ0v) is 6.92. The van der Waals surface area contributed by atoms with Gasteiger partial charge in [-0.25, -0.2) is 4.39 Å². The van der Waals surface area contributed by atoms with E-state index in [0.29, 0.717) is 5.56 Å². The van der Waals surface area contributed by atoms with Crippen molar-refractivity contribution in [2.75, 3.05) is 6.54 Å². The number of benzene rings is 1. The summed E-state index contributed by atoms with van der Waals surface area (Å²) >= 11 is 0. The lowest BCUT2D eigenvalue weighted by atomic mass is 9.98. The highest BCUT2D eigenvalue weighted by Gasteiger charge is 2.23. The van der Waals surface area contributed by atoms with Gasteiger partial charge in [0.1, 0.15) is 11.4 Å². The molecule has 66 valence electrons. The van der Waals surface area contributed by atoms with Crippen LogP contribution < -0.4 is 5.73 Å². The van der Waals surface area contributed by atoms with Crippen LogP contribution in [0.15, 0.2) is 24.3 Å². The number of aromatic hydroxyl groups is 1. The van der Waals surface area contributed by atoms with Gasteiger partial charge in [0, 0.05) is 6.54 Å². The minimum Gasteiger partial charge on any atom is -0.508 e. The lowest BCUT2D eigenvalue weighted by molar-refractivity contribution is 0.203. The summed E-state index contributed by atoms with van der Waals surface area (Å²) in [6.45, 7) is 1.30. The van der Waals surface area contributed by atoms with Crippen molar-refractivity contribution in [2.45, 2.75) is 12.6 Å². The number of hydrogen-bond donors (Lipinski definition) is 2. The maximum Gasteiger partial charge on any atom is 0.145 e. The predicted molar refractivity (Wildman–Crippen MR) is 45.6 cm³/mol. The third kappa shape index (κ3) is 1.74. The zero-order valence-electron chi connectivity index (χ0n) is 6.92. The van der Waals surface area contributed by atoms with Crippen LogP contribution in [0.25, 0.3) is 0 Å². The van der Waals surface area contributed by atoms with Gasteiger partial charge in [0.15, 0.2) is 0 Å². The highest BCUT2D eigenvalue weighted by atomic mass is 19.1. The van der Waals surface area contributed by atoms with E-state index in [2.05, 4.69) is 0 Å². The first-order chi connectivity index (χ1) is 5.56. The Hall–Kier alpha value is -1.09. The summed E-state index contributed by atoms with van der Waals surface area (Å²) in [5.74, 6) is 0.0600. The first-order valence-corrected chi connectivity index (χ1v) is 3.75. The Bertz CT molecular complexity index is 273. The van der Waals surface area contributed by atoms with Gasteiger partial charge in [-0.2, -0.15) is 0 Å². The largest absolute Gasteiger partial charge is 0.508 e. The van der Waals surface area contributed by atoms with E-state index in [-0.39, 0.29) is 12.3 Å². The molecular formula is C9H12FNO. The third-order valence-corrected chi connectivity index (χ3v) is 1.83. The summed E-state index contributed by atoms with van der Waals surface area (Å²) in [5.41, 5.74) is 4.08. The maximum atomic E-state index is 13.5. The molecule has 2 nitrogen and oxygen atoms in total. The fourth-order valence-electron chi connectivity index (χ4n) is 0.948. The first-order valence-electron chi connectivity index (χ1n) is 3.75.